The zero-order valence-electron chi connectivity index (χ0n) is 21.8. The predicted molar refractivity (Wildman–Crippen MR) is 137 cm³/mol. The highest BCUT2D eigenvalue weighted by Crippen LogP contribution is 2.28. The van der Waals surface area contributed by atoms with Gasteiger partial charge in [0, 0.05) is 25.2 Å². The summed E-state index contributed by atoms with van der Waals surface area (Å²) in [6.07, 6.45) is 0.117. The zero-order valence-corrected chi connectivity index (χ0v) is 21.8. The topological polar surface area (TPSA) is 114 Å². The lowest BCUT2D eigenvalue weighted by Gasteiger charge is -2.26. The zero-order chi connectivity index (χ0) is 26.6. The first-order valence-electron chi connectivity index (χ1n) is 11.7. The molecule has 0 saturated heterocycles. The number of aromatic nitrogens is 3. The Kier molecular flexibility index (Phi) is 8.15. The first kappa shape index (κ1) is 26.9. The summed E-state index contributed by atoms with van der Waals surface area (Å²) in [6, 6.07) is 8.37. The van der Waals surface area contributed by atoms with E-state index in [1.54, 1.807) is 25.5 Å². The number of ether oxygens (including phenoxy) is 2. The molecule has 1 aromatic carbocycles. The van der Waals surface area contributed by atoms with Crippen LogP contribution in [0.1, 0.15) is 45.4 Å². The van der Waals surface area contributed by atoms with Crippen LogP contribution in [0, 0.1) is 30.0 Å². The average Bonchev–Trinajstić information content (AvgIpc) is 3.06. The van der Waals surface area contributed by atoms with Crippen molar-refractivity contribution in [2.75, 3.05) is 24.4 Å². The van der Waals surface area contributed by atoms with Crippen LogP contribution in [-0.2, 0) is 21.3 Å². The summed E-state index contributed by atoms with van der Waals surface area (Å²) in [4.78, 5) is 16.7. The molecule has 0 radical (unpaired) electrons. The van der Waals surface area contributed by atoms with E-state index in [2.05, 4.69) is 20.7 Å². The van der Waals surface area contributed by atoms with E-state index in [0.717, 1.165) is 22.7 Å². The van der Waals surface area contributed by atoms with E-state index in [1.165, 1.54) is 7.11 Å². The monoisotopic (exact) mass is 496 g/mol. The van der Waals surface area contributed by atoms with Crippen molar-refractivity contribution in [2.45, 2.75) is 52.7 Å². The number of aryl methyl sites for hydroxylation is 2. The van der Waals surface area contributed by atoms with E-state index >= 15 is 0 Å². The van der Waals surface area contributed by atoms with Crippen LogP contribution < -0.4 is 10.6 Å². The third kappa shape index (κ3) is 6.49. The number of hydrogen-bond donors (Lipinski definition) is 2. The van der Waals surface area contributed by atoms with Gasteiger partial charge in [0.25, 0.3) is 0 Å². The number of carbonyl (C=O) groups is 1. The quantitative estimate of drug-likeness (QED) is 0.405. The van der Waals surface area contributed by atoms with Crippen LogP contribution in [0.15, 0.2) is 24.3 Å². The van der Waals surface area contributed by atoms with Crippen LogP contribution in [-0.4, -0.2) is 46.1 Å². The highest BCUT2D eigenvalue weighted by atomic mass is 19.1. The van der Waals surface area contributed by atoms with Crippen molar-refractivity contribution in [3.63, 3.8) is 0 Å². The van der Waals surface area contributed by atoms with E-state index in [1.807, 2.05) is 45.2 Å². The van der Waals surface area contributed by atoms with E-state index in [-0.39, 0.29) is 42.1 Å². The minimum absolute atomic E-state index is 0.0479. The fourth-order valence-corrected chi connectivity index (χ4v) is 3.92. The van der Waals surface area contributed by atoms with Crippen LogP contribution in [0.4, 0.5) is 21.7 Å². The van der Waals surface area contributed by atoms with Gasteiger partial charge in [-0.15, -0.1) is 0 Å². The minimum Gasteiger partial charge on any atom is -0.460 e. The average molecular weight is 497 g/mol. The molecule has 0 saturated carbocycles. The number of nitrogens with zero attached hydrogens (tertiary/aromatic N) is 4. The summed E-state index contributed by atoms with van der Waals surface area (Å²) in [5.74, 6) is -1.12. The van der Waals surface area contributed by atoms with Crippen molar-refractivity contribution >= 4 is 34.2 Å². The first-order valence-corrected chi connectivity index (χ1v) is 11.7. The van der Waals surface area contributed by atoms with Crippen LogP contribution in [0.25, 0.3) is 10.9 Å². The van der Waals surface area contributed by atoms with Gasteiger partial charge in [-0.1, -0.05) is 6.92 Å². The predicted octanol–water partition coefficient (Wildman–Crippen LogP) is 4.83. The second kappa shape index (κ2) is 10.9. The Morgan fingerprint density at radius 3 is 2.64 bits per heavy atom. The number of methoxy groups -OCH3 is 1. The summed E-state index contributed by atoms with van der Waals surface area (Å²) < 4.78 is 27.4. The van der Waals surface area contributed by atoms with Crippen LogP contribution in [0.5, 0.6) is 0 Å². The van der Waals surface area contributed by atoms with Crippen LogP contribution in [0.3, 0.4) is 0 Å². The largest absolute Gasteiger partial charge is 0.460 e. The molecule has 10 heteroatoms. The lowest BCUT2D eigenvalue weighted by Crippen LogP contribution is -2.35. The molecule has 0 fully saturated rings. The fourth-order valence-electron chi connectivity index (χ4n) is 3.92. The number of anilines is 3. The van der Waals surface area contributed by atoms with Crippen molar-refractivity contribution < 1.29 is 18.7 Å². The van der Waals surface area contributed by atoms with Gasteiger partial charge in [0.05, 0.1) is 35.8 Å². The molecule has 0 amide bonds. The molecule has 2 aromatic heterocycles. The summed E-state index contributed by atoms with van der Waals surface area (Å²) in [5, 5.41) is 21.1. The Morgan fingerprint density at radius 2 is 2.00 bits per heavy atom. The van der Waals surface area contributed by atoms with Crippen molar-refractivity contribution in [3.05, 3.63) is 41.3 Å². The maximum absolute atomic E-state index is 14.9. The molecular weight excluding hydrogens is 463 g/mol. The number of fused-ring (bicyclic) bond motifs is 1. The van der Waals surface area contributed by atoms with Crippen molar-refractivity contribution in [1.82, 2.24) is 14.8 Å². The van der Waals surface area contributed by atoms with Crippen molar-refractivity contribution in [1.29, 1.82) is 5.26 Å². The molecule has 2 atom stereocenters. The molecule has 3 aromatic rings. The molecule has 3 rings (SSSR count). The highest BCUT2D eigenvalue weighted by molar-refractivity contribution is 5.86. The molecule has 0 aliphatic carbocycles. The lowest BCUT2D eigenvalue weighted by molar-refractivity contribution is -0.156. The summed E-state index contributed by atoms with van der Waals surface area (Å²) in [7, 11) is 3.40. The molecule has 2 heterocycles. The standard InChI is InChI=1S/C26H33FN6O3/c1-15(10-23(34)36-26(3,4)5)21(14-35-7)30-25-20(27)11-17(13-28)24(31-25)29-18-8-9-22-19(12-18)16(2)32-33(22)6/h8-9,11-12,15,21H,10,14H2,1-7H3,(H2,29,30,31)/t15-,21-/m1/s1. The van der Waals surface area contributed by atoms with Gasteiger partial charge in [-0.2, -0.15) is 10.4 Å². The molecule has 9 nitrogen and oxygen atoms in total. The lowest BCUT2D eigenvalue weighted by atomic mass is 9.98. The molecule has 0 spiro atoms. The second-order valence-electron chi connectivity index (χ2n) is 9.87. The Balaban J connectivity index is 1.86. The van der Waals surface area contributed by atoms with E-state index in [9.17, 15) is 14.4 Å². The Hall–Kier alpha value is -3.71. The smallest absolute Gasteiger partial charge is 0.306 e. The molecule has 0 aliphatic rings. The molecule has 2 N–H and O–H groups in total. The number of carbonyl (C=O) groups excluding carboxylic acids is 1. The van der Waals surface area contributed by atoms with E-state index < -0.39 is 17.5 Å². The summed E-state index contributed by atoms with van der Waals surface area (Å²) >= 11 is 0. The number of hydrogen-bond acceptors (Lipinski definition) is 8. The number of nitrogens with one attached hydrogen (secondary N) is 2. The SMILES string of the molecule is COC[C@@H](Nc1nc(Nc2ccc3c(c2)c(C)nn3C)c(C#N)cc1F)[C@H](C)CC(=O)OC(C)(C)C. The summed E-state index contributed by atoms with van der Waals surface area (Å²) in [6.45, 7) is 9.39. The normalized spacial score (nSPS) is 13.2. The number of benzene rings is 1. The first-order chi connectivity index (χ1) is 16.9. The molecule has 0 aliphatic heterocycles. The number of pyridine rings is 1. The van der Waals surface area contributed by atoms with Gasteiger partial charge in [-0.05, 0) is 57.9 Å². The minimum atomic E-state index is -0.679. The van der Waals surface area contributed by atoms with Gasteiger partial charge >= 0.3 is 5.97 Å². The third-order valence-corrected chi connectivity index (χ3v) is 5.66. The van der Waals surface area contributed by atoms with Gasteiger partial charge in [0.15, 0.2) is 17.5 Å². The number of esters is 1. The Bertz CT molecular complexity index is 1290. The van der Waals surface area contributed by atoms with Gasteiger partial charge in [0.1, 0.15) is 11.7 Å². The number of rotatable bonds is 9. The second-order valence-corrected chi connectivity index (χ2v) is 9.87. The van der Waals surface area contributed by atoms with Gasteiger partial charge in [0.2, 0.25) is 0 Å². The summed E-state index contributed by atoms with van der Waals surface area (Å²) in [5.41, 5.74) is 1.99. The third-order valence-electron chi connectivity index (χ3n) is 5.66. The van der Waals surface area contributed by atoms with Gasteiger partial charge in [-0.3, -0.25) is 9.48 Å². The van der Waals surface area contributed by atoms with Crippen molar-refractivity contribution in [2.24, 2.45) is 13.0 Å². The molecule has 0 bridgehead atoms. The molecule has 36 heavy (non-hydrogen) atoms. The van der Waals surface area contributed by atoms with Crippen LogP contribution >= 0.6 is 0 Å². The number of halogens is 1. The molecule has 192 valence electrons. The van der Waals surface area contributed by atoms with Crippen LogP contribution in [0.2, 0.25) is 0 Å². The fraction of sp³-hybridized carbons (Fsp3) is 0.462. The van der Waals surface area contributed by atoms with E-state index in [0.29, 0.717) is 5.69 Å². The van der Waals surface area contributed by atoms with E-state index in [4.69, 9.17) is 9.47 Å². The molecule has 0 unspecified atom stereocenters. The molecular formula is C26H33FN6O3. The van der Waals surface area contributed by atoms with Gasteiger partial charge < -0.3 is 20.1 Å². The highest BCUT2D eigenvalue weighted by Gasteiger charge is 2.25. The van der Waals surface area contributed by atoms with Gasteiger partial charge in [-0.25, -0.2) is 9.37 Å². The number of nitriles is 1. The maximum Gasteiger partial charge on any atom is 0.306 e. The Morgan fingerprint density at radius 1 is 1.28 bits per heavy atom. The Labute approximate surface area is 210 Å². The van der Waals surface area contributed by atoms with Crippen molar-refractivity contribution in [3.8, 4) is 6.07 Å². The maximum atomic E-state index is 14.9.